The summed E-state index contributed by atoms with van der Waals surface area (Å²) in [6.45, 7) is 2.99. The van der Waals surface area contributed by atoms with Gasteiger partial charge in [0.05, 0.1) is 12.7 Å². The van der Waals surface area contributed by atoms with Crippen molar-refractivity contribution in [2.75, 3.05) is 38.2 Å². The van der Waals surface area contributed by atoms with E-state index in [0.29, 0.717) is 31.1 Å². The highest BCUT2D eigenvalue weighted by molar-refractivity contribution is 7.99. The Morgan fingerprint density at radius 2 is 2.00 bits per heavy atom. The number of thiophene rings is 1. The summed E-state index contributed by atoms with van der Waals surface area (Å²) in [4.78, 5) is 15.8. The minimum Gasteiger partial charge on any atom is -0.465 e. The van der Waals surface area contributed by atoms with E-state index in [1.165, 1.54) is 22.8 Å². The minimum atomic E-state index is -3.72. The van der Waals surface area contributed by atoms with E-state index in [0.717, 1.165) is 40.6 Å². The smallest absolute Gasteiger partial charge is 0.340 e. The number of esters is 1. The van der Waals surface area contributed by atoms with Gasteiger partial charge in [-0.25, -0.2) is 13.2 Å². The number of methoxy groups -OCH3 is 1. The molecule has 2 aliphatic rings. The molecule has 4 rings (SSSR count). The standard InChI is InChI=1S/C20H23ClN2O4S3/c1-27-19(24)18-16-5-6-22(12-14-3-2-4-15(21)11-14)13-17(16)29-20(18)30(25,26)23-7-9-28-10-8-23/h2-4,11H,5-10,12-13H2,1H3. The van der Waals surface area contributed by atoms with Crippen molar-refractivity contribution in [3.05, 3.63) is 50.9 Å². The van der Waals surface area contributed by atoms with Crippen LogP contribution in [-0.4, -0.2) is 61.8 Å². The third-order valence-electron chi connectivity index (χ3n) is 5.33. The third-order valence-corrected chi connectivity index (χ3v) is 10.1. The summed E-state index contributed by atoms with van der Waals surface area (Å²) < 4.78 is 33.3. The van der Waals surface area contributed by atoms with Crippen molar-refractivity contribution in [1.29, 1.82) is 0 Å². The van der Waals surface area contributed by atoms with Crippen LogP contribution in [0, 0.1) is 0 Å². The SMILES string of the molecule is COC(=O)c1c(S(=O)(=O)N2CCSCC2)sc2c1CCN(Cc1cccc(Cl)c1)C2. The molecule has 2 aliphatic heterocycles. The Balaban J connectivity index is 1.65. The zero-order valence-corrected chi connectivity index (χ0v) is 19.8. The molecule has 6 nitrogen and oxygen atoms in total. The molecular weight excluding hydrogens is 464 g/mol. The lowest BCUT2D eigenvalue weighted by atomic mass is 10.0. The molecular formula is C20H23ClN2O4S3. The van der Waals surface area contributed by atoms with Crippen LogP contribution >= 0.6 is 34.7 Å². The van der Waals surface area contributed by atoms with Crippen LogP contribution in [0.2, 0.25) is 5.02 Å². The van der Waals surface area contributed by atoms with Crippen molar-refractivity contribution in [2.24, 2.45) is 0 Å². The highest BCUT2D eigenvalue weighted by Gasteiger charge is 2.37. The number of sulfonamides is 1. The average Bonchev–Trinajstić information content (AvgIpc) is 3.13. The van der Waals surface area contributed by atoms with Crippen molar-refractivity contribution in [3.8, 4) is 0 Å². The molecule has 30 heavy (non-hydrogen) atoms. The van der Waals surface area contributed by atoms with E-state index >= 15 is 0 Å². The lowest BCUT2D eigenvalue weighted by Crippen LogP contribution is -2.38. The highest BCUT2D eigenvalue weighted by atomic mass is 35.5. The molecule has 162 valence electrons. The Morgan fingerprint density at radius 3 is 2.70 bits per heavy atom. The Labute approximate surface area is 190 Å². The van der Waals surface area contributed by atoms with Gasteiger partial charge in [-0.3, -0.25) is 4.90 Å². The first kappa shape index (κ1) is 22.1. The number of rotatable bonds is 5. The molecule has 1 aromatic carbocycles. The van der Waals surface area contributed by atoms with Gasteiger partial charge in [-0.2, -0.15) is 16.1 Å². The first-order chi connectivity index (χ1) is 14.4. The summed E-state index contributed by atoms with van der Waals surface area (Å²) in [5.74, 6) is 0.970. The molecule has 1 fully saturated rings. The zero-order chi connectivity index (χ0) is 21.3. The van der Waals surface area contributed by atoms with Gasteiger partial charge in [-0.1, -0.05) is 23.7 Å². The van der Waals surface area contributed by atoms with Gasteiger partial charge in [0, 0.05) is 54.1 Å². The van der Waals surface area contributed by atoms with Crippen molar-refractivity contribution < 1.29 is 17.9 Å². The van der Waals surface area contributed by atoms with Gasteiger partial charge >= 0.3 is 5.97 Å². The minimum absolute atomic E-state index is 0.135. The first-order valence-corrected chi connectivity index (χ1v) is 13.5. The predicted octanol–water partition coefficient (Wildman–Crippen LogP) is 3.48. The molecule has 0 aliphatic carbocycles. The highest BCUT2D eigenvalue weighted by Crippen LogP contribution is 2.38. The van der Waals surface area contributed by atoms with Crippen LogP contribution in [-0.2, 0) is 34.3 Å². The monoisotopic (exact) mass is 486 g/mol. The van der Waals surface area contributed by atoms with E-state index < -0.39 is 16.0 Å². The number of thioether (sulfide) groups is 1. The number of fused-ring (bicyclic) bond motifs is 1. The number of ether oxygens (including phenoxy) is 1. The summed E-state index contributed by atoms with van der Waals surface area (Å²) in [6, 6.07) is 7.74. The Morgan fingerprint density at radius 1 is 1.23 bits per heavy atom. The molecule has 2 aromatic rings. The van der Waals surface area contributed by atoms with Gasteiger partial charge in [-0.05, 0) is 29.7 Å². The van der Waals surface area contributed by atoms with Gasteiger partial charge in [0.1, 0.15) is 4.21 Å². The summed E-state index contributed by atoms with van der Waals surface area (Å²) in [7, 11) is -2.42. The molecule has 0 radical (unpaired) electrons. The maximum atomic E-state index is 13.3. The van der Waals surface area contributed by atoms with Crippen molar-refractivity contribution >= 4 is 50.7 Å². The lowest BCUT2D eigenvalue weighted by Gasteiger charge is -2.27. The molecule has 1 aromatic heterocycles. The van der Waals surface area contributed by atoms with Gasteiger partial charge in [0.15, 0.2) is 0 Å². The van der Waals surface area contributed by atoms with Crippen LogP contribution in [0.1, 0.15) is 26.4 Å². The van der Waals surface area contributed by atoms with Crippen LogP contribution in [0.15, 0.2) is 28.5 Å². The number of carbonyl (C=O) groups excluding carboxylic acids is 1. The second-order valence-corrected chi connectivity index (χ2v) is 12.2. The first-order valence-electron chi connectivity index (χ1n) is 9.67. The molecule has 10 heteroatoms. The van der Waals surface area contributed by atoms with E-state index in [1.807, 2.05) is 24.3 Å². The molecule has 0 atom stereocenters. The molecule has 0 N–H and O–H groups in total. The van der Waals surface area contributed by atoms with E-state index in [2.05, 4.69) is 4.90 Å². The van der Waals surface area contributed by atoms with E-state index in [-0.39, 0.29) is 9.77 Å². The zero-order valence-electron chi connectivity index (χ0n) is 16.6. The summed E-state index contributed by atoms with van der Waals surface area (Å²) in [5, 5.41) is 0.697. The van der Waals surface area contributed by atoms with E-state index in [1.54, 1.807) is 11.8 Å². The fourth-order valence-electron chi connectivity index (χ4n) is 3.85. The number of carbonyl (C=O) groups is 1. The van der Waals surface area contributed by atoms with Gasteiger partial charge < -0.3 is 4.74 Å². The molecule has 0 unspecified atom stereocenters. The molecule has 0 saturated carbocycles. The van der Waals surface area contributed by atoms with Crippen LogP contribution in [0.3, 0.4) is 0 Å². The third kappa shape index (κ3) is 4.42. The van der Waals surface area contributed by atoms with Crippen LogP contribution < -0.4 is 0 Å². The summed E-state index contributed by atoms with van der Waals surface area (Å²) in [5.41, 5.74) is 2.16. The predicted molar refractivity (Wildman–Crippen MR) is 121 cm³/mol. The van der Waals surface area contributed by atoms with Crippen LogP contribution in [0.4, 0.5) is 0 Å². The molecule has 1 saturated heterocycles. The summed E-state index contributed by atoms with van der Waals surface area (Å²) in [6.07, 6.45) is 0.613. The maximum absolute atomic E-state index is 13.3. The number of nitrogens with zero attached hydrogens (tertiary/aromatic N) is 2. The molecule has 3 heterocycles. The van der Waals surface area contributed by atoms with Crippen LogP contribution in [0.5, 0.6) is 0 Å². The van der Waals surface area contributed by atoms with Crippen molar-refractivity contribution in [1.82, 2.24) is 9.21 Å². The fraction of sp³-hybridized carbons (Fsp3) is 0.450. The number of benzene rings is 1. The Bertz CT molecular complexity index is 1050. The second kappa shape index (κ2) is 9.18. The normalized spacial score (nSPS) is 18.2. The van der Waals surface area contributed by atoms with E-state index in [9.17, 15) is 13.2 Å². The number of hydrogen-bond donors (Lipinski definition) is 0. The lowest BCUT2D eigenvalue weighted by molar-refractivity contribution is 0.0595. The van der Waals surface area contributed by atoms with Crippen molar-refractivity contribution in [2.45, 2.75) is 23.7 Å². The van der Waals surface area contributed by atoms with Gasteiger partial charge in [0.25, 0.3) is 10.0 Å². The summed E-state index contributed by atoms with van der Waals surface area (Å²) >= 11 is 9.06. The fourth-order valence-corrected chi connectivity index (χ4v) is 8.71. The number of hydrogen-bond acceptors (Lipinski definition) is 7. The number of halogens is 1. The van der Waals surface area contributed by atoms with Gasteiger partial charge in [0.2, 0.25) is 0 Å². The molecule has 0 amide bonds. The topological polar surface area (TPSA) is 66.9 Å². The van der Waals surface area contributed by atoms with Gasteiger partial charge in [-0.15, -0.1) is 11.3 Å². The second-order valence-electron chi connectivity index (χ2n) is 7.26. The Kier molecular flexibility index (Phi) is 6.76. The average molecular weight is 487 g/mol. The maximum Gasteiger partial charge on any atom is 0.340 e. The largest absolute Gasteiger partial charge is 0.465 e. The quantitative estimate of drug-likeness (QED) is 0.603. The Hall–Kier alpha value is -1.10. The van der Waals surface area contributed by atoms with Crippen LogP contribution in [0.25, 0.3) is 0 Å². The molecule has 0 spiro atoms. The molecule has 0 bridgehead atoms. The van der Waals surface area contributed by atoms with Crippen molar-refractivity contribution in [3.63, 3.8) is 0 Å². The van der Waals surface area contributed by atoms with E-state index in [4.69, 9.17) is 16.3 Å².